The molecule has 7 nitrogen and oxygen atoms in total. The Kier molecular flexibility index (Phi) is 7.81. The highest BCUT2D eigenvalue weighted by molar-refractivity contribution is 5.98. The number of piperazine rings is 1. The molecule has 5 rings (SSSR count). The molecule has 4 aromatic rings. The number of fused-ring (bicyclic) bond motifs is 1. The summed E-state index contributed by atoms with van der Waals surface area (Å²) in [5.74, 6) is -0.586. The molecular formula is C31H31FN4O3. The molecule has 1 saturated heterocycles. The Morgan fingerprint density at radius 2 is 1.74 bits per heavy atom. The van der Waals surface area contributed by atoms with Crippen LogP contribution in [0.2, 0.25) is 0 Å². The van der Waals surface area contributed by atoms with Gasteiger partial charge in [-0.3, -0.25) is 9.59 Å². The maximum absolute atomic E-state index is 13.5. The highest BCUT2D eigenvalue weighted by Crippen LogP contribution is 2.30. The maximum atomic E-state index is 13.5. The number of carbonyl (C=O) groups is 2. The van der Waals surface area contributed by atoms with Crippen molar-refractivity contribution >= 4 is 28.6 Å². The van der Waals surface area contributed by atoms with E-state index in [1.165, 1.54) is 12.1 Å². The first-order valence-electron chi connectivity index (χ1n) is 13.3. The molecule has 1 aliphatic heterocycles. The molecule has 3 aromatic carbocycles. The van der Waals surface area contributed by atoms with Crippen LogP contribution in [-0.4, -0.2) is 52.4 Å². The van der Waals surface area contributed by atoms with Crippen molar-refractivity contribution in [1.82, 2.24) is 14.9 Å². The van der Waals surface area contributed by atoms with Gasteiger partial charge in [-0.05, 0) is 55.8 Å². The van der Waals surface area contributed by atoms with Crippen LogP contribution in [0.1, 0.15) is 43.5 Å². The summed E-state index contributed by atoms with van der Waals surface area (Å²) in [6, 6.07) is 21.1. The van der Waals surface area contributed by atoms with Crippen LogP contribution >= 0.6 is 0 Å². The van der Waals surface area contributed by atoms with Gasteiger partial charge < -0.3 is 14.5 Å². The first-order chi connectivity index (χ1) is 18.9. The molecule has 0 unspecified atom stereocenters. The van der Waals surface area contributed by atoms with Crippen LogP contribution in [0.15, 0.2) is 72.8 Å². The number of halogens is 1. The Morgan fingerprint density at radius 1 is 0.974 bits per heavy atom. The second kappa shape index (κ2) is 11.6. The van der Waals surface area contributed by atoms with E-state index >= 15 is 0 Å². The van der Waals surface area contributed by atoms with Gasteiger partial charge in [0.2, 0.25) is 5.88 Å². The Labute approximate surface area is 227 Å². The molecule has 8 heteroatoms. The van der Waals surface area contributed by atoms with E-state index in [0.29, 0.717) is 48.3 Å². The number of esters is 1. The molecule has 0 spiro atoms. The van der Waals surface area contributed by atoms with Crippen molar-refractivity contribution in [2.45, 2.75) is 39.2 Å². The summed E-state index contributed by atoms with van der Waals surface area (Å²) in [4.78, 5) is 39.4. The summed E-state index contributed by atoms with van der Waals surface area (Å²) in [6.07, 6.45) is 1.91. The van der Waals surface area contributed by atoms with Crippen LogP contribution in [0.3, 0.4) is 0 Å². The number of anilines is 1. The van der Waals surface area contributed by atoms with Gasteiger partial charge in [0.1, 0.15) is 11.5 Å². The van der Waals surface area contributed by atoms with E-state index in [0.717, 1.165) is 24.1 Å². The third-order valence-electron chi connectivity index (χ3n) is 6.95. The van der Waals surface area contributed by atoms with E-state index in [2.05, 4.69) is 9.88 Å². The van der Waals surface area contributed by atoms with E-state index < -0.39 is 0 Å². The number of ether oxygens (including phenoxy) is 1. The number of hydrogen-bond acceptors (Lipinski definition) is 6. The van der Waals surface area contributed by atoms with Crippen LogP contribution in [0.4, 0.5) is 10.1 Å². The van der Waals surface area contributed by atoms with Crippen molar-refractivity contribution in [3.63, 3.8) is 0 Å². The molecule has 0 aliphatic carbocycles. The minimum absolute atomic E-state index is 0.0476. The predicted octanol–water partition coefficient (Wildman–Crippen LogP) is 5.88. The molecule has 0 saturated carbocycles. The van der Waals surface area contributed by atoms with Gasteiger partial charge in [0, 0.05) is 48.9 Å². The number of benzene rings is 3. The van der Waals surface area contributed by atoms with Crippen LogP contribution in [0.25, 0.3) is 22.3 Å². The van der Waals surface area contributed by atoms with Gasteiger partial charge in [-0.1, -0.05) is 43.7 Å². The van der Waals surface area contributed by atoms with Gasteiger partial charge >= 0.3 is 5.97 Å². The zero-order chi connectivity index (χ0) is 27.4. The number of amides is 1. The first-order valence-corrected chi connectivity index (χ1v) is 13.3. The number of unbranched alkanes of at least 4 members (excludes halogenated alkanes) is 1. The minimum Gasteiger partial charge on any atom is -0.405 e. The van der Waals surface area contributed by atoms with E-state index in [1.807, 2.05) is 49.1 Å². The molecule has 1 amide bonds. The summed E-state index contributed by atoms with van der Waals surface area (Å²) in [6.45, 7) is 5.85. The molecule has 39 heavy (non-hydrogen) atoms. The van der Waals surface area contributed by atoms with Crippen LogP contribution < -0.4 is 9.64 Å². The largest absolute Gasteiger partial charge is 0.405 e. The molecule has 2 heterocycles. The quantitative estimate of drug-likeness (QED) is 0.280. The highest BCUT2D eigenvalue weighted by Gasteiger charge is 2.29. The standard InChI is InChI=1S/C31H31FN4O3/c1-3-4-10-28(37)39-30-29(22-8-6-5-7-9-22)33-26-16-11-23(19-27(26)34-30)31(38)36-18-17-35(20-21(36)2)25-14-12-24(32)13-15-25/h5-9,11-16,19,21H,3-4,10,17-18,20H2,1-2H3/t21-/m1/s1. The topological polar surface area (TPSA) is 75.6 Å². The molecule has 1 fully saturated rings. The van der Waals surface area contributed by atoms with E-state index in [-0.39, 0.29) is 29.6 Å². The molecule has 1 aliphatic rings. The lowest BCUT2D eigenvalue weighted by molar-refractivity contribution is -0.134. The van der Waals surface area contributed by atoms with Crippen molar-refractivity contribution < 1.29 is 18.7 Å². The zero-order valence-corrected chi connectivity index (χ0v) is 22.1. The van der Waals surface area contributed by atoms with Crippen molar-refractivity contribution in [3.05, 3.63) is 84.2 Å². The summed E-state index contributed by atoms with van der Waals surface area (Å²) in [5, 5.41) is 0. The van der Waals surface area contributed by atoms with Gasteiger partial charge in [0.25, 0.3) is 5.91 Å². The SMILES string of the molecule is CCCCC(=O)Oc1nc2cc(C(=O)N3CCN(c4ccc(F)cc4)C[C@H]3C)ccc2nc1-c1ccccc1. The van der Waals surface area contributed by atoms with Crippen LogP contribution in [-0.2, 0) is 4.79 Å². The van der Waals surface area contributed by atoms with Gasteiger partial charge in [-0.25, -0.2) is 14.4 Å². The molecule has 1 aromatic heterocycles. The second-order valence-electron chi connectivity index (χ2n) is 9.79. The number of rotatable bonds is 7. The van der Waals surface area contributed by atoms with Crippen molar-refractivity contribution in [2.75, 3.05) is 24.5 Å². The maximum Gasteiger partial charge on any atom is 0.312 e. The zero-order valence-electron chi connectivity index (χ0n) is 22.1. The smallest absolute Gasteiger partial charge is 0.312 e. The summed E-state index contributed by atoms with van der Waals surface area (Å²) < 4.78 is 19.0. The summed E-state index contributed by atoms with van der Waals surface area (Å²) in [7, 11) is 0. The Balaban J connectivity index is 1.40. The average Bonchev–Trinajstić information content (AvgIpc) is 2.96. The second-order valence-corrected chi connectivity index (χ2v) is 9.79. The predicted molar refractivity (Wildman–Crippen MR) is 149 cm³/mol. The third-order valence-corrected chi connectivity index (χ3v) is 6.95. The first kappa shape index (κ1) is 26.3. The Hall–Kier alpha value is -4.33. The fourth-order valence-corrected chi connectivity index (χ4v) is 4.82. The lowest BCUT2D eigenvalue weighted by Gasteiger charge is -2.41. The Morgan fingerprint density at radius 3 is 2.46 bits per heavy atom. The molecule has 200 valence electrons. The monoisotopic (exact) mass is 526 g/mol. The molecule has 0 bridgehead atoms. The number of nitrogens with zero attached hydrogens (tertiary/aromatic N) is 4. The fraction of sp³-hybridized carbons (Fsp3) is 0.290. The fourth-order valence-electron chi connectivity index (χ4n) is 4.82. The lowest BCUT2D eigenvalue weighted by atomic mass is 10.1. The third kappa shape index (κ3) is 5.90. The average molecular weight is 527 g/mol. The normalized spacial score (nSPS) is 15.4. The number of aromatic nitrogens is 2. The van der Waals surface area contributed by atoms with Crippen LogP contribution in [0, 0.1) is 5.82 Å². The highest BCUT2D eigenvalue weighted by atomic mass is 19.1. The number of hydrogen-bond donors (Lipinski definition) is 0. The van der Waals surface area contributed by atoms with Gasteiger partial charge in [-0.15, -0.1) is 0 Å². The van der Waals surface area contributed by atoms with E-state index in [1.54, 1.807) is 30.3 Å². The van der Waals surface area contributed by atoms with Gasteiger partial charge in [0.05, 0.1) is 11.0 Å². The Bertz CT molecular complexity index is 1480. The minimum atomic E-state index is -0.359. The molecule has 0 radical (unpaired) electrons. The van der Waals surface area contributed by atoms with E-state index in [9.17, 15) is 14.0 Å². The van der Waals surface area contributed by atoms with Crippen molar-refractivity contribution in [2.24, 2.45) is 0 Å². The summed E-state index contributed by atoms with van der Waals surface area (Å²) >= 11 is 0. The number of carbonyl (C=O) groups excluding carboxylic acids is 2. The van der Waals surface area contributed by atoms with Gasteiger partial charge in [0.15, 0.2) is 0 Å². The van der Waals surface area contributed by atoms with Crippen LogP contribution in [0.5, 0.6) is 5.88 Å². The van der Waals surface area contributed by atoms with Crippen molar-refractivity contribution in [1.29, 1.82) is 0 Å². The molecule has 0 N–H and O–H groups in total. The summed E-state index contributed by atoms with van der Waals surface area (Å²) in [5.41, 5.74) is 3.79. The molecular weight excluding hydrogens is 495 g/mol. The lowest BCUT2D eigenvalue weighted by Crippen LogP contribution is -2.54. The van der Waals surface area contributed by atoms with E-state index in [4.69, 9.17) is 9.72 Å². The van der Waals surface area contributed by atoms with Gasteiger partial charge in [-0.2, -0.15) is 0 Å². The van der Waals surface area contributed by atoms with Crippen molar-refractivity contribution in [3.8, 4) is 17.1 Å². The molecule has 1 atom stereocenters.